The summed E-state index contributed by atoms with van der Waals surface area (Å²) in [7, 11) is 0. The Hall–Kier alpha value is -1.32. The van der Waals surface area contributed by atoms with Crippen LogP contribution in [0.25, 0.3) is 0 Å². The fourth-order valence-corrected chi connectivity index (χ4v) is 3.76. The van der Waals surface area contributed by atoms with Gasteiger partial charge in [0.1, 0.15) is 0 Å². The fraction of sp³-hybridized carbons (Fsp3) is 0.905. The lowest BCUT2D eigenvalue weighted by molar-refractivity contribution is 0.0889. The Bertz CT molecular complexity index is 432. The zero-order valence-corrected chi connectivity index (χ0v) is 17.2. The molecule has 0 unspecified atom stereocenters. The third kappa shape index (κ3) is 10.6. The number of nitrogens with two attached hydrogens (primary N) is 1. The maximum absolute atomic E-state index is 12.5. The summed E-state index contributed by atoms with van der Waals surface area (Å²) in [6, 6.07) is 1.75. The van der Waals surface area contributed by atoms with Crippen LogP contribution in [0.15, 0.2) is 0 Å². The van der Waals surface area contributed by atoms with E-state index in [1.54, 1.807) is 4.90 Å². The number of unbranched alkanes of at least 4 members (excludes halogenated alkanes) is 4. The molecule has 0 aromatic heterocycles. The van der Waals surface area contributed by atoms with Crippen LogP contribution < -0.4 is 11.1 Å². The minimum absolute atomic E-state index is 0.118. The second-order valence-corrected chi connectivity index (χ2v) is 7.97. The molecule has 2 atom stereocenters. The number of nitrogens with one attached hydrogen (secondary N) is 1. The van der Waals surface area contributed by atoms with E-state index in [9.17, 15) is 9.90 Å². The molecule has 2 amide bonds. The molecule has 0 aromatic carbocycles. The molecule has 6 nitrogen and oxygen atoms in total. The van der Waals surface area contributed by atoms with Crippen molar-refractivity contribution in [2.45, 2.75) is 96.1 Å². The summed E-state index contributed by atoms with van der Waals surface area (Å²) in [6.07, 6.45) is 11.6. The van der Waals surface area contributed by atoms with E-state index in [-0.39, 0.29) is 12.1 Å². The summed E-state index contributed by atoms with van der Waals surface area (Å²) < 4.78 is 0. The van der Waals surface area contributed by atoms with E-state index in [4.69, 9.17) is 11.0 Å². The van der Waals surface area contributed by atoms with Crippen molar-refractivity contribution in [1.29, 1.82) is 5.26 Å². The van der Waals surface area contributed by atoms with Gasteiger partial charge in [0.15, 0.2) is 0 Å². The summed E-state index contributed by atoms with van der Waals surface area (Å²) in [5.74, 6) is 0.620. The first-order valence-corrected chi connectivity index (χ1v) is 10.9. The number of aliphatic hydroxyl groups excluding tert-OH is 1. The van der Waals surface area contributed by atoms with E-state index in [0.29, 0.717) is 32.0 Å². The van der Waals surface area contributed by atoms with Crippen molar-refractivity contribution >= 4 is 6.03 Å². The number of amides is 2. The summed E-state index contributed by atoms with van der Waals surface area (Å²) >= 11 is 0. The number of nitriles is 1. The second-order valence-electron chi connectivity index (χ2n) is 7.97. The SMILES string of the molecule is CCCCN(C[C@@H](O)[C@@H](N)CC1CCCCC1)C(=O)NCCCCCC#N. The van der Waals surface area contributed by atoms with Crippen LogP contribution in [0.5, 0.6) is 0 Å². The van der Waals surface area contributed by atoms with Crippen molar-refractivity contribution in [3.05, 3.63) is 0 Å². The highest BCUT2D eigenvalue weighted by Gasteiger charge is 2.25. The van der Waals surface area contributed by atoms with Crippen LogP contribution in [0, 0.1) is 17.2 Å². The van der Waals surface area contributed by atoms with E-state index in [0.717, 1.165) is 38.5 Å². The molecular formula is C21H40N4O2. The standard InChI is InChI=1S/C21H40N4O2/c1-2-3-15-25(21(27)24-14-10-5-4-9-13-22)17-20(26)19(23)16-18-11-7-6-8-12-18/h18-20,26H,2-12,14-17,23H2,1H3,(H,24,27)/t19-,20+/m0/s1. The van der Waals surface area contributed by atoms with Crippen LogP contribution in [0.3, 0.4) is 0 Å². The van der Waals surface area contributed by atoms with Gasteiger partial charge in [-0.15, -0.1) is 0 Å². The fourth-order valence-electron chi connectivity index (χ4n) is 3.76. The molecule has 0 radical (unpaired) electrons. The van der Waals surface area contributed by atoms with Crippen molar-refractivity contribution in [3.63, 3.8) is 0 Å². The van der Waals surface area contributed by atoms with Gasteiger partial charge in [-0.3, -0.25) is 0 Å². The molecule has 0 spiro atoms. The van der Waals surface area contributed by atoms with Crippen molar-refractivity contribution in [2.75, 3.05) is 19.6 Å². The average molecular weight is 381 g/mol. The molecule has 0 aromatic rings. The first kappa shape index (κ1) is 23.7. The highest BCUT2D eigenvalue weighted by molar-refractivity contribution is 5.74. The number of hydrogen-bond donors (Lipinski definition) is 3. The smallest absolute Gasteiger partial charge is 0.317 e. The Labute approximate surface area is 165 Å². The van der Waals surface area contributed by atoms with Crippen molar-refractivity contribution in [3.8, 4) is 6.07 Å². The largest absolute Gasteiger partial charge is 0.390 e. The minimum atomic E-state index is -0.676. The third-order valence-corrected chi connectivity index (χ3v) is 5.54. The number of carbonyl (C=O) groups is 1. The maximum atomic E-state index is 12.5. The average Bonchev–Trinajstić information content (AvgIpc) is 2.68. The number of urea groups is 1. The van der Waals surface area contributed by atoms with Crippen molar-refractivity contribution < 1.29 is 9.90 Å². The van der Waals surface area contributed by atoms with Gasteiger partial charge < -0.3 is 21.1 Å². The molecule has 1 aliphatic carbocycles. The number of aliphatic hydroxyl groups is 1. The van der Waals surface area contributed by atoms with Gasteiger partial charge in [-0.1, -0.05) is 51.9 Å². The van der Waals surface area contributed by atoms with Crippen LogP contribution in [-0.2, 0) is 0 Å². The van der Waals surface area contributed by atoms with Gasteiger partial charge in [-0.2, -0.15) is 5.26 Å². The summed E-state index contributed by atoms with van der Waals surface area (Å²) in [5, 5.41) is 22.0. The highest BCUT2D eigenvalue weighted by atomic mass is 16.3. The molecule has 1 fully saturated rings. The van der Waals surface area contributed by atoms with E-state index in [1.165, 1.54) is 32.1 Å². The van der Waals surface area contributed by atoms with Gasteiger partial charge >= 0.3 is 6.03 Å². The number of nitrogens with zero attached hydrogens (tertiary/aromatic N) is 2. The Morgan fingerprint density at radius 3 is 2.67 bits per heavy atom. The molecule has 0 aliphatic heterocycles. The molecule has 6 heteroatoms. The molecule has 156 valence electrons. The summed E-state index contributed by atoms with van der Waals surface area (Å²) in [4.78, 5) is 14.2. The molecule has 0 saturated heterocycles. The van der Waals surface area contributed by atoms with Crippen LogP contribution in [0.1, 0.15) is 84.0 Å². The Balaban J connectivity index is 2.39. The van der Waals surface area contributed by atoms with Crippen molar-refractivity contribution in [1.82, 2.24) is 10.2 Å². The number of carbonyl (C=O) groups excluding carboxylic acids is 1. The van der Waals surface area contributed by atoms with E-state index in [1.807, 2.05) is 0 Å². The lowest BCUT2D eigenvalue weighted by Gasteiger charge is -2.31. The predicted molar refractivity (Wildman–Crippen MR) is 109 cm³/mol. The summed E-state index contributed by atoms with van der Waals surface area (Å²) in [5.41, 5.74) is 6.26. The van der Waals surface area contributed by atoms with Gasteiger partial charge in [0.2, 0.25) is 0 Å². The predicted octanol–water partition coefficient (Wildman–Crippen LogP) is 3.54. The Morgan fingerprint density at radius 2 is 2.00 bits per heavy atom. The van der Waals surface area contributed by atoms with Gasteiger partial charge in [-0.25, -0.2) is 4.79 Å². The lowest BCUT2D eigenvalue weighted by atomic mass is 9.84. The normalized spacial score (nSPS) is 17.1. The molecule has 4 N–H and O–H groups in total. The Morgan fingerprint density at radius 1 is 1.26 bits per heavy atom. The topological polar surface area (TPSA) is 102 Å². The number of hydrogen-bond acceptors (Lipinski definition) is 4. The van der Waals surface area contributed by atoms with E-state index >= 15 is 0 Å². The zero-order chi connectivity index (χ0) is 19.9. The lowest BCUT2D eigenvalue weighted by Crippen LogP contribution is -2.49. The monoisotopic (exact) mass is 380 g/mol. The van der Waals surface area contributed by atoms with E-state index < -0.39 is 6.10 Å². The van der Waals surface area contributed by atoms with Gasteiger partial charge in [-0.05, 0) is 31.6 Å². The maximum Gasteiger partial charge on any atom is 0.317 e. The second kappa shape index (κ2) is 14.7. The molecule has 27 heavy (non-hydrogen) atoms. The molecular weight excluding hydrogens is 340 g/mol. The zero-order valence-electron chi connectivity index (χ0n) is 17.2. The van der Waals surface area contributed by atoms with Crippen LogP contribution in [0.2, 0.25) is 0 Å². The van der Waals surface area contributed by atoms with Gasteiger partial charge in [0.25, 0.3) is 0 Å². The van der Waals surface area contributed by atoms with E-state index in [2.05, 4.69) is 18.3 Å². The van der Waals surface area contributed by atoms with Gasteiger partial charge in [0, 0.05) is 32.1 Å². The van der Waals surface area contributed by atoms with Crippen LogP contribution in [0.4, 0.5) is 4.79 Å². The quantitative estimate of drug-likeness (QED) is 0.425. The van der Waals surface area contributed by atoms with Crippen LogP contribution >= 0.6 is 0 Å². The molecule has 1 rings (SSSR count). The molecule has 0 heterocycles. The molecule has 1 aliphatic rings. The van der Waals surface area contributed by atoms with Gasteiger partial charge in [0.05, 0.1) is 12.2 Å². The molecule has 1 saturated carbocycles. The first-order chi connectivity index (χ1) is 13.1. The summed E-state index contributed by atoms with van der Waals surface area (Å²) in [6.45, 7) is 3.64. The minimum Gasteiger partial charge on any atom is -0.390 e. The first-order valence-electron chi connectivity index (χ1n) is 10.9. The Kier molecular flexibility index (Phi) is 12.9. The third-order valence-electron chi connectivity index (χ3n) is 5.54. The number of rotatable bonds is 13. The van der Waals surface area contributed by atoms with Crippen LogP contribution in [-0.4, -0.2) is 47.8 Å². The van der Waals surface area contributed by atoms with Crippen molar-refractivity contribution in [2.24, 2.45) is 11.7 Å². The highest BCUT2D eigenvalue weighted by Crippen LogP contribution is 2.27. The molecule has 0 bridgehead atoms.